The van der Waals surface area contributed by atoms with Crippen LogP contribution in [0, 0.1) is 0 Å². The molecule has 6 nitrogen and oxygen atoms in total. The summed E-state index contributed by atoms with van der Waals surface area (Å²) in [5, 5.41) is 0. The van der Waals surface area contributed by atoms with Gasteiger partial charge in [0.2, 0.25) is 0 Å². The van der Waals surface area contributed by atoms with Gasteiger partial charge in [0.25, 0.3) is 0 Å². The van der Waals surface area contributed by atoms with E-state index in [1.165, 1.54) is 141 Å². The zero-order chi connectivity index (χ0) is 57.1. The molecule has 0 spiro atoms. The van der Waals surface area contributed by atoms with Crippen LogP contribution in [0.4, 0.5) is 0 Å². The van der Waals surface area contributed by atoms with E-state index < -0.39 is 6.10 Å². The number of unbranched alkanes of at least 4 members (excludes halogenated alkanes) is 25. The van der Waals surface area contributed by atoms with Crippen molar-refractivity contribution in [1.29, 1.82) is 0 Å². The van der Waals surface area contributed by atoms with Gasteiger partial charge in [-0.1, -0.05) is 283 Å². The van der Waals surface area contributed by atoms with Crippen LogP contribution in [0.25, 0.3) is 0 Å². The normalized spacial score (nSPS) is 13.0. The van der Waals surface area contributed by atoms with Crippen molar-refractivity contribution in [3.8, 4) is 0 Å². The van der Waals surface area contributed by atoms with Gasteiger partial charge in [0.1, 0.15) is 13.2 Å². The Morgan fingerprint density at radius 3 is 0.861 bits per heavy atom. The van der Waals surface area contributed by atoms with Crippen LogP contribution >= 0.6 is 0 Å². The molecule has 1 atom stereocenters. The molecule has 6 heteroatoms. The Balaban J connectivity index is 4.35. The molecule has 0 aliphatic carbocycles. The molecule has 0 amide bonds. The number of esters is 3. The van der Waals surface area contributed by atoms with Gasteiger partial charge in [0.05, 0.1) is 0 Å². The monoisotopic (exact) mass is 1090 g/mol. The quantitative estimate of drug-likeness (QED) is 0.0261. The van der Waals surface area contributed by atoms with E-state index in [1.54, 1.807) is 0 Å². The Hall–Kier alpha value is -4.45. The van der Waals surface area contributed by atoms with Crippen molar-refractivity contribution in [2.24, 2.45) is 0 Å². The lowest BCUT2D eigenvalue weighted by Crippen LogP contribution is -2.30. The summed E-state index contributed by atoms with van der Waals surface area (Å²) < 4.78 is 16.8. The van der Waals surface area contributed by atoms with Crippen molar-refractivity contribution in [3.63, 3.8) is 0 Å². The lowest BCUT2D eigenvalue weighted by Gasteiger charge is -2.18. The highest BCUT2D eigenvalue weighted by Crippen LogP contribution is 2.16. The lowest BCUT2D eigenvalue weighted by molar-refractivity contribution is -0.166. The maximum atomic E-state index is 12.9. The van der Waals surface area contributed by atoms with Crippen LogP contribution in [-0.2, 0) is 28.6 Å². The molecule has 0 aliphatic rings. The number of hydrogen-bond donors (Lipinski definition) is 0. The molecule has 0 aromatic heterocycles. The van der Waals surface area contributed by atoms with Crippen molar-refractivity contribution in [2.75, 3.05) is 13.2 Å². The molecule has 0 N–H and O–H groups in total. The van der Waals surface area contributed by atoms with Gasteiger partial charge in [-0.2, -0.15) is 0 Å². The Labute approximate surface area is 487 Å². The molecule has 0 saturated heterocycles. The minimum atomic E-state index is -0.815. The predicted octanol–water partition coefficient (Wildman–Crippen LogP) is 22.5. The molecular weight excluding hydrogens is 973 g/mol. The molecule has 0 heterocycles. The van der Waals surface area contributed by atoms with Crippen molar-refractivity contribution < 1.29 is 28.6 Å². The van der Waals surface area contributed by atoms with Crippen LogP contribution in [0.3, 0.4) is 0 Å². The van der Waals surface area contributed by atoms with Crippen LogP contribution in [0.2, 0.25) is 0 Å². The predicted molar refractivity (Wildman–Crippen MR) is 343 cm³/mol. The van der Waals surface area contributed by atoms with Crippen molar-refractivity contribution >= 4 is 17.9 Å². The molecule has 1 unspecified atom stereocenters. The smallest absolute Gasteiger partial charge is 0.306 e. The zero-order valence-corrected chi connectivity index (χ0v) is 51.3. The molecule has 448 valence electrons. The average Bonchev–Trinajstić information content (AvgIpc) is 3.45. The third-order valence-electron chi connectivity index (χ3n) is 13.6. The summed E-state index contributed by atoms with van der Waals surface area (Å²) in [6.07, 6.45) is 93.4. The second-order valence-electron chi connectivity index (χ2n) is 21.3. The third-order valence-corrected chi connectivity index (χ3v) is 13.6. The van der Waals surface area contributed by atoms with Crippen molar-refractivity contribution in [1.82, 2.24) is 0 Å². The van der Waals surface area contributed by atoms with Crippen LogP contribution < -0.4 is 0 Å². The van der Waals surface area contributed by atoms with Gasteiger partial charge in [-0.25, -0.2) is 0 Å². The van der Waals surface area contributed by atoms with Gasteiger partial charge in [0.15, 0.2) is 6.10 Å². The Bertz CT molecular complexity index is 1680. The molecule has 0 rings (SSSR count). The zero-order valence-electron chi connectivity index (χ0n) is 51.3. The summed E-state index contributed by atoms with van der Waals surface area (Å²) in [6.45, 7) is 6.35. The molecule has 0 aromatic carbocycles. The van der Waals surface area contributed by atoms with Crippen LogP contribution in [0.15, 0.2) is 134 Å². The maximum Gasteiger partial charge on any atom is 0.306 e. The number of allylic oxidation sites excluding steroid dienone is 22. The summed E-state index contributed by atoms with van der Waals surface area (Å²) in [6, 6.07) is 0. The highest BCUT2D eigenvalue weighted by molar-refractivity contribution is 5.71. The second-order valence-corrected chi connectivity index (χ2v) is 21.3. The van der Waals surface area contributed by atoms with E-state index in [9.17, 15) is 14.4 Å². The molecule has 0 fully saturated rings. The second kappa shape index (κ2) is 66.1. The van der Waals surface area contributed by atoms with Gasteiger partial charge in [0, 0.05) is 19.3 Å². The molecule has 0 aromatic rings. The van der Waals surface area contributed by atoms with Gasteiger partial charge in [-0.3, -0.25) is 14.4 Å². The van der Waals surface area contributed by atoms with E-state index in [0.29, 0.717) is 19.3 Å². The first-order valence-electron chi connectivity index (χ1n) is 32.7. The number of ether oxygens (including phenoxy) is 3. The summed E-state index contributed by atoms with van der Waals surface area (Å²) in [5.74, 6) is -0.993. The van der Waals surface area contributed by atoms with Crippen LogP contribution in [0.5, 0.6) is 0 Å². The Morgan fingerprint density at radius 2 is 0.519 bits per heavy atom. The molecule has 0 aliphatic heterocycles. The SMILES string of the molecule is CC/C=C\C/C=C\C/C=C\C/C=C\C/C=C\C/C=C\CCCCCCCCCCCCC(=O)OCC(COC(=O)CC/C=C\C/C=C\C/C=C\C/C=C\CC)OC(=O)CCCCCCCCCCC/C=C\CCCCCCCC. The maximum absolute atomic E-state index is 12.9. The fourth-order valence-electron chi connectivity index (χ4n) is 8.81. The van der Waals surface area contributed by atoms with E-state index in [0.717, 1.165) is 103 Å². The molecule has 0 saturated carbocycles. The minimum absolute atomic E-state index is 0.106. The molecular formula is C73H120O6. The van der Waals surface area contributed by atoms with Crippen molar-refractivity contribution in [2.45, 2.75) is 297 Å². The first kappa shape index (κ1) is 74.5. The van der Waals surface area contributed by atoms with E-state index in [4.69, 9.17) is 14.2 Å². The highest BCUT2D eigenvalue weighted by atomic mass is 16.6. The Morgan fingerprint density at radius 1 is 0.266 bits per heavy atom. The summed E-state index contributed by atoms with van der Waals surface area (Å²) in [7, 11) is 0. The topological polar surface area (TPSA) is 78.9 Å². The average molecular weight is 1090 g/mol. The first-order chi connectivity index (χ1) is 39.0. The van der Waals surface area contributed by atoms with Gasteiger partial charge >= 0.3 is 17.9 Å². The standard InChI is InChI=1S/C73H120O6/c1-4-7-10-13-16-19-22-25-27-29-31-32-33-34-35-36-37-38-39-40-42-43-45-48-51-54-57-60-63-66-72(75)78-69-70(68-77-71(74)65-62-59-56-53-50-47-24-21-18-15-12-9-6-3)79-73(76)67-64-61-58-55-52-49-46-44-41-30-28-26-23-20-17-14-11-8-5-2/h7,9-10,12,16,18-19,21,25-28,31-32,34-35,37-38,47,50,56,59,70H,4-6,8,11,13-15,17,20,22-24,29-30,33,36,39-46,48-49,51-55,57-58,60-69H2,1-3H3/b10-7-,12-9-,19-16-,21-18-,27-25-,28-26-,32-31-,35-34-,38-37-,50-47-,59-56-. The number of hydrogen-bond acceptors (Lipinski definition) is 6. The Kier molecular flexibility index (Phi) is 62.3. The minimum Gasteiger partial charge on any atom is -0.462 e. The summed E-state index contributed by atoms with van der Waals surface area (Å²) >= 11 is 0. The number of rotatable bonds is 58. The van der Waals surface area contributed by atoms with E-state index in [-0.39, 0.29) is 37.5 Å². The lowest BCUT2D eigenvalue weighted by atomic mass is 10.1. The van der Waals surface area contributed by atoms with Crippen LogP contribution in [0.1, 0.15) is 290 Å². The molecule has 0 bridgehead atoms. The molecule has 79 heavy (non-hydrogen) atoms. The fourth-order valence-corrected chi connectivity index (χ4v) is 8.81. The first-order valence-corrected chi connectivity index (χ1v) is 32.7. The molecule has 0 radical (unpaired) electrons. The number of carbonyl (C=O) groups excluding carboxylic acids is 3. The largest absolute Gasteiger partial charge is 0.462 e. The van der Waals surface area contributed by atoms with Gasteiger partial charge < -0.3 is 14.2 Å². The summed E-state index contributed by atoms with van der Waals surface area (Å²) in [4.78, 5) is 38.3. The fraction of sp³-hybridized carbons (Fsp3) is 0.658. The van der Waals surface area contributed by atoms with E-state index in [2.05, 4.69) is 148 Å². The highest BCUT2D eigenvalue weighted by Gasteiger charge is 2.19. The van der Waals surface area contributed by atoms with E-state index in [1.807, 2.05) is 6.08 Å². The third kappa shape index (κ3) is 64.3. The van der Waals surface area contributed by atoms with Gasteiger partial charge in [-0.15, -0.1) is 0 Å². The summed E-state index contributed by atoms with van der Waals surface area (Å²) in [5.41, 5.74) is 0. The van der Waals surface area contributed by atoms with Crippen molar-refractivity contribution in [3.05, 3.63) is 134 Å². The van der Waals surface area contributed by atoms with Crippen LogP contribution in [-0.4, -0.2) is 37.2 Å². The van der Waals surface area contributed by atoms with Gasteiger partial charge in [-0.05, 0) is 122 Å². The number of carbonyl (C=O) groups is 3. The van der Waals surface area contributed by atoms with E-state index >= 15 is 0 Å².